The Morgan fingerprint density at radius 2 is 1.89 bits per heavy atom. The maximum atomic E-state index is 13.8. The van der Waals surface area contributed by atoms with Crippen LogP contribution in [0.3, 0.4) is 0 Å². The van der Waals surface area contributed by atoms with Crippen LogP contribution >= 0.6 is 23.2 Å². The van der Waals surface area contributed by atoms with E-state index in [9.17, 15) is 14.4 Å². The molecule has 2 atom stereocenters. The molecule has 0 spiro atoms. The van der Waals surface area contributed by atoms with Crippen molar-refractivity contribution in [3.63, 3.8) is 0 Å². The molecule has 0 fully saturated rings. The van der Waals surface area contributed by atoms with Crippen LogP contribution in [0.1, 0.15) is 64.5 Å². The van der Waals surface area contributed by atoms with Gasteiger partial charge in [-0.3, -0.25) is 19.1 Å². The van der Waals surface area contributed by atoms with Gasteiger partial charge in [-0.25, -0.2) is 0 Å². The number of rotatable bonds is 4. The van der Waals surface area contributed by atoms with Crippen LogP contribution in [0.25, 0.3) is 0 Å². The number of benzene rings is 2. The fourth-order valence-corrected chi connectivity index (χ4v) is 5.43. The number of hydrogen-bond acceptors (Lipinski definition) is 4. The van der Waals surface area contributed by atoms with Crippen LogP contribution in [-0.4, -0.2) is 49.9 Å². The third-order valence-electron chi connectivity index (χ3n) is 7.08. The molecule has 37 heavy (non-hydrogen) atoms. The Hall–Kier alpha value is -3.36. The second-order valence-corrected chi connectivity index (χ2v) is 10.4. The zero-order chi connectivity index (χ0) is 26.4. The van der Waals surface area contributed by atoms with Gasteiger partial charge < -0.3 is 15.1 Å². The normalized spacial score (nSPS) is 17.8. The van der Waals surface area contributed by atoms with Crippen LogP contribution in [0.2, 0.25) is 10.0 Å². The highest BCUT2D eigenvalue weighted by Crippen LogP contribution is 2.33. The summed E-state index contributed by atoms with van der Waals surface area (Å²) in [6.45, 7) is 6.79. The van der Waals surface area contributed by atoms with E-state index in [0.717, 1.165) is 16.8 Å². The molecular formula is C27H27Cl2N5O3. The molecule has 0 saturated heterocycles. The van der Waals surface area contributed by atoms with Crippen molar-refractivity contribution in [2.24, 2.45) is 0 Å². The van der Waals surface area contributed by atoms with Crippen LogP contribution in [0.5, 0.6) is 0 Å². The van der Waals surface area contributed by atoms with Crippen molar-refractivity contribution in [1.29, 1.82) is 0 Å². The van der Waals surface area contributed by atoms with Gasteiger partial charge in [0.05, 0.1) is 34.9 Å². The first-order chi connectivity index (χ1) is 17.6. The summed E-state index contributed by atoms with van der Waals surface area (Å²) >= 11 is 12.2. The molecule has 1 unspecified atom stereocenters. The zero-order valence-corrected chi connectivity index (χ0v) is 22.3. The molecule has 8 nitrogen and oxygen atoms in total. The summed E-state index contributed by atoms with van der Waals surface area (Å²) in [4.78, 5) is 42.3. The fraction of sp³-hybridized carbons (Fsp3) is 0.333. The van der Waals surface area contributed by atoms with Crippen molar-refractivity contribution in [2.45, 2.75) is 52.4 Å². The minimum absolute atomic E-state index is 0.0898. The molecule has 3 amide bonds. The molecule has 2 aromatic carbocycles. The molecule has 3 aromatic rings. The van der Waals surface area contributed by atoms with Gasteiger partial charge in [0.25, 0.3) is 11.8 Å². The van der Waals surface area contributed by atoms with Gasteiger partial charge in [0.15, 0.2) is 0 Å². The van der Waals surface area contributed by atoms with Crippen molar-refractivity contribution in [2.75, 3.05) is 11.9 Å². The van der Waals surface area contributed by atoms with Crippen LogP contribution in [-0.2, 0) is 24.3 Å². The number of nitrogens with zero attached hydrogens (tertiary/aromatic N) is 4. The summed E-state index contributed by atoms with van der Waals surface area (Å²) < 4.78 is 1.78. The summed E-state index contributed by atoms with van der Waals surface area (Å²) in [7, 11) is 0. The summed E-state index contributed by atoms with van der Waals surface area (Å²) in [5.41, 5.74) is 4.24. The zero-order valence-electron chi connectivity index (χ0n) is 20.8. The van der Waals surface area contributed by atoms with Gasteiger partial charge in [-0.1, -0.05) is 35.3 Å². The molecular weight excluding hydrogens is 513 g/mol. The SMILES string of the molecule is CC(=O)Nc1cccc(C(C)N2CCn3nc4c(c3C2=O)CN(C(=O)c2ccc(Cl)c(Cl)c2)[C@H](C)C4)c1. The summed E-state index contributed by atoms with van der Waals surface area (Å²) in [6.07, 6.45) is 0.560. The molecule has 0 radical (unpaired) electrons. The second-order valence-electron chi connectivity index (χ2n) is 9.59. The van der Waals surface area contributed by atoms with E-state index >= 15 is 0 Å². The van der Waals surface area contributed by atoms with Crippen molar-refractivity contribution >= 4 is 46.6 Å². The molecule has 192 valence electrons. The van der Waals surface area contributed by atoms with E-state index in [2.05, 4.69) is 5.32 Å². The highest BCUT2D eigenvalue weighted by Gasteiger charge is 2.38. The van der Waals surface area contributed by atoms with Crippen LogP contribution < -0.4 is 5.32 Å². The maximum Gasteiger partial charge on any atom is 0.273 e. The third kappa shape index (κ3) is 4.71. The fourth-order valence-electron chi connectivity index (χ4n) is 5.13. The van der Waals surface area contributed by atoms with Crippen molar-refractivity contribution < 1.29 is 14.4 Å². The molecule has 3 heterocycles. The number of carbonyl (C=O) groups excluding carboxylic acids is 3. The first-order valence-electron chi connectivity index (χ1n) is 12.2. The molecule has 0 bridgehead atoms. The molecule has 1 aromatic heterocycles. The van der Waals surface area contributed by atoms with E-state index in [-0.39, 0.29) is 36.3 Å². The monoisotopic (exact) mass is 539 g/mol. The lowest BCUT2D eigenvalue weighted by molar-refractivity contribution is -0.114. The summed E-state index contributed by atoms with van der Waals surface area (Å²) in [6, 6.07) is 12.1. The van der Waals surface area contributed by atoms with Gasteiger partial charge >= 0.3 is 0 Å². The summed E-state index contributed by atoms with van der Waals surface area (Å²) in [5.74, 6) is -0.433. The lowest BCUT2D eigenvalue weighted by Crippen LogP contribution is -2.44. The minimum atomic E-state index is -0.211. The van der Waals surface area contributed by atoms with E-state index in [1.54, 1.807) is 27.8 Å². The standard InChI is InChI=1S/C27H27Cl2N5O3/c1-15-11-24-21(14-33(15)26(36)19-7-8-22(28)23(29)13-19)25-27(37)32(9-10-34(25)31-24)16(2)18-5-4-6-20(12-18)30-17(3)35/h4-8,12-13,15-16H,9-11,14H2,1-3H3,(H,30,35)/t15-,16?/m1/s1. The van der Waals surface area contributed by atoms with Crippen molar-refractivity contribution in [1.82, 2.24) is 19.6 Å². The first kappa shape index (κ1) is 25.3. The maximum absolute atomic E-state index is 13.8. The quantitative estimate of drug-likeness (QED) is 0.507. The van der Waals surface area contributed by atoms with Gasteiger partial charge in [-0.05, 0) is 49.7 Å². The Balaban J connectivity index is 1.42. The Kier molecular flexibility index (Phi) is 6.72. The lowest BCUT2D eigenvalue weighted by Gasteiger charge is -2.35. The summed E-state index contributed by atoms with van der Waals surface area (Å²) in [5, 5.41) is 8.25. The second kappa shape index (κ2) is 9.84. The number of nitrogens with one attached hydrogen (secondary N) is 1. The lowest BCUT2D eigenvalue weighted by atomic mass is 9.97. The average Bonchev–Trinajstić information content (AvgIpc) is 3.22. The van der Waals surface area contributed by atoms with Crippen molar-refractivity contribution in [3.8, 4) is 0 Å². The predicted molar refractivity (Wildman–Crippen MR) is 142 cm³/mol. The molecule has 2 aliphatic rings. The third-order valence-corrected chi connectivity index (χ3v) is 7.82. The predicted octanol–water partition coefficient (Wildman–Crippen LogP) is 4.95. The number of hydrogen-bond donors (Lipinski definition) is 1. The molecule has 0 saturated carbocycles. The van der Waals surface area contributed by atoms with Gasteiger partial charge in [0.1, 0.15) is 5.69 Å². The van der Waals surface area contributed by atoms with Gasteiger partial charge in [-0.15, -0.1) is 0 Å². The molecule has 10 heteroatoms. The van der Waals surface area contributed by atoms with Crippen LogP contribution in [0, 0.1) is 0 Å². The minimum Gasteiger partial charge on any atom is -0.331 e. The Labute approximate surface area is 225 Å². The van der Waals surface area contributed by atoms with Crippen molar-refractivity contribution in [3.05, 3.63) is 80.6 Å². The molecule has 1 N–H and O–H groups in total. The molecule has 0 aliphatic carbocycles. The Morgan fingerprint density at radius 1 is 1.11 bits per heavy atom. The van der Waals surface area contributed by atoms with Crippen LogP contribution in [0.4, 0.5) is 5.69 Å². The number of aromatic nitrogens is 2. The van der Waals surface area contributed by atoms with E-state index in [4.69, 9.17) is 28.3 Å². The number of amides is 3. The Morgan fingerprint density at radius 3 is 2.62 bits per heavy atom. The smallest absolute Gasteiger partial charge is 0.273 e. The highest BCUT2D eigenvalue weighted by atomic mass is 35.5. The van der Waals surface area contributed by atoms with Gasteiger partial charge in [0, 0.05) is 42.7 Å². The number of halogens is 2. The van der Waals surface area contributed by atoms with E-state index < -0.39 is 0 Å². The topological polar surface area (TPSA) is 87.5 Å². The van der Waals surface area contributed by atoms with E-state index in [0.29, 0.717) is 46.5 Å². The Bertz CT molecular complexity index is 1420. The van der Waals surface area contributed by atoms with E-state index in [1.807, 2.05) is 43.0 Å². The van der Waals surface area contributed by atoms with Gasteiger partial charge in [0.2, 0.25) is 5.91 Å². The first-order valence-corrected chi connectivity index (χ1v) is 12.9. The average molecular weight is 540 g/mol. The number of carbonyl (C=O) groups is 3. The largest absolute Gasteiger partial charge is 0.331 e. The van der Waals surface area contributed by atoms with Crippen LogP contribution in [0.15, 0.2) is 42.5 Å². The highest BCUT2D eigenvalue weighted by molar-refractivity contribution is 6.42. The number of fused-ring (bicyclic) bond motifs is 3. The van der Waals surface area contributed by atoms with E-state index in [1.165, 1.54) is 6.92 Å². The molecule has 2 aliphatic heterocycles. The number of anilines is 1. The van der Waals surface area contributed by atoms with Gasteiger partial charge in [-0.2, -0.15) is 5.10 Å². The molecule has 5 rings (SSSR count).